The lowest BCUT2D eigenvalue weighted by molar-refractivity contribution is 0.114. The molecule has 4 heteroatoms. The first-order chi connectivity index (χ1) is 15.1. The highest BCUT2D eigenvalue weighted by atomic mass is 16.5. The fourth-order valence-electron chi connectivity index (χ4n) is 3.98. The van der Waals surface area contributed by atoms with E-state index in [1.807, 2.05) is 42.5 Å². The van der Waals surface area contributed by atoms with Gasteiger partial charge >= 0.3 is 0 Å². The minimum atomic E-state index is 0.334. The van der Waals surface area contributed by atoms with Gasteiger partial charge in [-0.1, -0.05) is 42.5 Å². The highest BCUT2D eigenvalue weighted by Gasteiger charge is 2.18. The van der Waals surface area contributed by atoms with Crippen molar-refractivity contribution >= 4 is 0 Å². The smallest absolute Gasteiger partial charge is 0.127 e. The van der Waals surface area contributed by atoms with E-state index in [0.29, 0.717) is 6.10 Å². The molecule has 3 aromatic carbocycles. The van der Waals surface area contributed by atoms with Crippen LogP contribution in [0.15, 0.2) is 78.9 Å². The maximum atomic E-state index is 6.25. The molecule has 0 aromatic heterocycles. The number of rotatable bonds is 8. The standard InChI is InChI=1S/C27H32N2O2/c1-28-17-15-26(16-18-28)31-27-10-6-7-23(19-27)21-29(2)20-22-11-13-25(14-12-22)30-24-8-4-3-5-9-24/h3-14,19,26H,15-18,20-21H2,1-2H3. The summed E-state index contributed by atoms with van der Waals surface area (Å²) in [6.07, 6.45) is 2.54. The highest BCUT2D eigenvalue weighted by molar-refractivity contribution is 5.33. The topological polar surface area (TPSA) is 24.9 Å². The van der Waals surface area contributed by atoms with Crippen LogP contribution < -0.4 is 9.47 Å². The molecular formula is C27H32N2O2. The van der Waals surface area contributed by atoms with E-state index in [1.165, 1.54) is 11.1 Å². The van der Waals surface area contributed by atoms with Crippen molar-refractivity contribution in [2.75, 3.05) is 27.2 Å². The molecule has 0 spiro atoms. The Bertz CT molecular complexity index is 935. The molecule has 0 unspecified atom stereocenters. The molecule has 0 radical (unpaired) electrons. The van der Waals surface area contributed by atoms with Crippen LogP contribution in [0.4, 0.5) is 0 Å². The molecule has 1 aliphatic heterocycles. The summed E-state index contributed by atoms with van der Waals surface area (Å²) in [6.45, 7) is 3.99. The van der Waals surface area contributed by atoms with Gasteiger partial charge in [0, 0.05) is 26.2 Å². The van der Waals surface area contributed by atoms with Crippen molar-refractivity contribution < 1.29 is 9.47 Å². The summed E-state index contributed by atoms with van der Waals surface area (Å²) < 4.78 is 12.1. The van der Waals surface area contributed by atoms with Gasteiger partial charge in [0.2, 0.25) is 0 Å². The zero-order valence-electron chi connectivity index (χ0n) is 18.5. The predicted molar refractivity (Wildman–Crippen MR) is 126 cm³/mol. The first-order valence-electron chi connectivity index (χ1n) is 11.1. The fourth-order valence-corrected chi connectivity index (χ4v) is 3.98. The maximum absolute atomic E-state index is 6.25. The van der Waals surface area contributed by atoms with Gasteiger partial charge in [-0.2, -0.15) is 0 Å². The van der Waals surface area contributed by atoms with Crippen molar-refractivity contribution in [1.29, 1.82) is 0 Å². The third-order valence-corrected chi connectivity index (χ3v) is 5.67. The average Bonchev–Trinajstić information content (AvgIpc) is 2.78. The molecular weight excluding hydrogens is 384 g/mol. The van der Waals surface area contributed by atoms with Gasteiger partial charge in [0.15, 0.2) is 0 Å². The first kappa shape index (κ1) is 21.4. The molecule has 4 nitrogen and oxygen atoms in total. The van der Waals surface area contributed by atoms with Crippen LogP contribution in [-0.2, 0) is 13.1 Å². The van der Waals surface area contributed by atoms with Gasteiger partial charge < -0.3 is 14.4 Å². The monoisotopic (exact) mass is 416 g/mol. The van der Waals surface area contributed by atoms with Gasteiger partial charge in [-0.05, 0) is 74.5 Å². The largest absolute Gasteiger partial charge is 0.490 e. The second kappa shape index (κ2) is 10.5. The van der Waals surface area contributed by atoms with E-state index < -0.39 is 0 Å². The Balaban J connectivity index is 1.29. The Morgan fingerprint density at radius 3 is 2.16 bits per heavy atom. The quantitative estimate of drug-likeness (QED) is 0.478. The number of likely N-dealkylation sites (tertiary alicyclic amines) is 1. The van der Waals surface area contributed by atoms with Crippen LogP contribution in [0.25, 0.3) is 0 Å². The summed E-state index contributed by atoms with van der Waals surface area (Å²) >= 11 is 0. The van der Waals surface area contributed by atoms with Crippen LogP contribution in [0, 0.1) is 0 Å². The van der Waals surface area contributed by atoms with Crippen LogP contribution in [-0.4, -0.2) is 43.1 Å². The number of piperidine rings is 1. The minimum absolute atomic E-state index is 0.334. The lowest BCUT2D eigenvalue weighted by Crippen LogP contribution is -2.35. The van der Waals surface area contributed by atoms with E-state index in [1.54, 1.807) is 0 Å². The molecule has 162 valence electrons. The number of nitrogens with zero attached hydrogens (tertiary/aromatic N) is 2. The van der Waals surface area contributed by atoms with Crippen molar-refractivity contribution in [3.05, 3.63) is 90.0 Å². The van der Waals surface area contributed by atoms with Crippen molar-refractivity contribution in [2.24, 2.45) is 0 Å². The molecule has 0 amide bonds. The number of ether oxygens (including phenoxy) is 2. The SMILES string of the molecule is CN1CCC(Oc2cccc(CN(C)Cc3ccc(Oc4ccccc4)cc3)c2)CC1. The third-order valence-electron chi connectivity index (χ3n) is 5.67. The molecule has 0 bridgehead atoms. The van der Waals surface area contributed by atoms with Crippen LogP contribution in [0.5, 0.6) is 17.2 Å². The van der Waals surface area contributed by atoms with Crippen molar-refractivity contribution in [3.63, 3.8) is 0 Å². The normalized spacial score (nSPS) is 15.2. The summed E-state index contributed by atoms with van der Waals surface area (Å²) in [5.41, 5.74) is 2.54. The summed E-state index contributed by atoms with van der Waals surface area (Å²) in [5.74, 6) is 2.70. The van der Waals surface area contributed by atoms with Crippen LogP contribution in [0.2, 0.25) is 0 Å². The molecule has 1 aliphatic rings. The number of para-hydroxylation sites is 1. The van der Waals surface area contributed by atoms with Gasteiger partial charge in [0.1, 0.15) is 23.4 Å². The summed E-state index contributed by atoms with van der Waals surface area (Å²) in [4.78, 5) is 4.69. The molecule has 0 atom stereocenters. The van der Waals surface area contributed by atoms with Gasteiger partial charge in [-0.3, -0.25) is 4.90 Å². The Labute approximate surface area is 186 Å². The Hall–Kier alpha value is -2.82. The summed E-state index contributed by atoms with van der Waals surface area (Å²) in [5, 5.41) is 0. The molecule has 0 aliphatic carbocycles. The van der Waals surface area contributed by atoms with Gasteiger partial charge in [-0.15, -0.1) is 0 Å². The van der Waals surface area contributed by atoms with E-state index in [9.17, 15) is 0 Å². The zero-order valence-corrected chi connectivity index (χ0v) is 18.5. The first-order valence-corrected chi connectivity index (χ1v) is 11.1. The molecule has 1 fully saturated rings. The second-order valence-electron chi connectivity index (χ2n) is 8.50. The Morgan fingerprint density at radius 1 is 0.774 bits per heavy atom. The Kier molecular flexibility index (Phi) is 7.23. The average molecular weight is 417 g/mol. The molecule has 31 heavy (non-hydrogen) atoms. The molecule has 1 saturated heterocycles. The predicted octanol–water partition coefficient (Wildman–Crippen LogP) is 5.58. The lowest BCUT2D eigenvalue weighted by Gasteiger charge is -2.29. The summed E-state index contributed by atoms with van der Waals surface area (Å²) in [7, 11) is 4.33. The number of hydrogen-bond donors (Lipinski definition) is 0. The van der Waals surface area contributed by atoms with Gasteiger partial charge in [0.25, 0.3) is 0 Å². The fraction of sp³-hybridized carbons (Fsp3) is 0.333. The maximum Gasteiger partial charge on any atom is 0.127 e. The summed E-state index contributed by atoms with van der Waals surface area (Å²) in [6, 6.07) is 26.7. The van der Waals surface area contributed by atoms with Crippen molar-refractivity contribution in [1.82, 2.24) is 9.80 Å². The molecule has 3 aromatic rings. The van der Waals surface area contributed by atoms with E-state index in [4.69, 9.17) is 9.47 Å². The van der Waals surface area contributed by atoms with Crippen molar-refractivity contribution in [2.45, 2.75) is 32.0 Å². The van der Waals surface area contributed by atoms with E-state index in [0.717, 1.165) is 56.3 Å². The van der Waals surface area contributed by atoms with E-state index >= 15 is 0 Å². The second-order valence-corrected chi connectivity index (χ2v) is 8.50. The highest BCUT2D eigenvalue weighted by Crippen LogP contribution is 2.23. The number of benzene rings is 3. The van der Waals surface area contributed by atoms with Crippen molar-refractivity contribution in [3.8, 4) is 17.2 Å². The van der Waals surface area contributed by atoms with E-state index in [-0.39, 0.29) is 0 Å². The zero-order chi connectivity index (χ0) is 21.5. The number of hydrogen-bond acceptors (Lipinski definition) is 4. The Morgan fingerprint density at radius 2 is 1.42 bits per heavy atom. The lowest BCUT2D eigenvalue weighted by atomic mass is 10.1. The molecule has 0 N–H and O–H groups in total. The van der Waals surface area contributed by atoms with Crippen LogP contribution >= 0.6 is 0 Å². The van der Waals surface area contributed by atoms with Gasteiger partial charge in [0.05, 0.1) is 0 Å². The third kappa shape index (κ3) is 6.58. The van der Waals surface area contributed by atoms with Crippen LogP contribution in [0.3, 0.4) is 0 Å². The van der Waals surface area contributed by atoms with Gasteiger partial charge in [-0.25, -0.2) is 0 Å². The molecule has 0 saturated carbocycles. The molecule has 4 rings (SSSR count). The molecule has 1 heterocycles. The van der Waals surface area contributed by atoms with E-state index in [2.05, 4.69) is 60.3 Å². The minimum Gasteiger partial charge on any atom is -0.490 e. The van der Waals surface area contributed by atoms with Crippen LogP contribution in [0.1, 0.15) is 24.0 Å².